The number of rotatable bonds is 9. The van der Waals surface area contributed by atoms with Crippen LogP contribution in [0.5, 0.6) is 0 Å². The van der Waals surface area contributed by atoms with Crippen LogP contribution in [0.3, 0.4) is 0 Å². The topological polar surface area (TPSA) is 52.8 Å². The molecule has 0 saturated heterocycles. The first-order chi connectivity index (χ1) is 14.2. The third-order valence-corrected chi connectivity index (χ3v) is 5.69. The molecule has 162 valence electrons. The Hall–Kier alpha value is -1.84. The summed E-state index contributed by atoms with van der Waals surface area (Å²) >= 11 is 1.76. The molecule has 0 aliphatic rings. The first-order valence-corrected chi connectivity index (χ1v) is 10.9. The van der Waals surface area contributed by atoms with Crippen molar-refractivity contribution in [1.29, 1.82) is 0 Å². The molecule has 1 unspecified atom stereocenters. The van der Waals surface area contributed by atoms with Crippen LogP contribution in [0.4, 0.5) is 0 Å². The Labute approximate surface area is 200 Å². The number of hydrogen-bond acceptors (Lipinski definition) is 4. The molecule has 0 bridgehead atoms. The Bertz CT molecular complexity index is 881. The summed E-state index contributed by atoms with van der Waals surface area (Å²) < 4.78 is 5.47. The average molecular weight is 538 g/mol. The number of thiophene rings is 1. The molecule has 0 aliphatic carbocycles. The van der Waals surface area contributed by atoms with Gasteiger partial charge in [0.2, 0.25) is 0 Å². The highest BCUT2D eigenvalue weighted by molar-refractivity contribution is 14.0. The van der Waals surface area contributed by atoms with Gasteiger partial charge in [-0.1, -0.05) is 30.3 Å². The Morgan fingerprint density at radius 3 is 2.57 bits per heavy atom. The molecule has 2 N–H and O–H groups in total. The molecule has 0 saturated carbocycles. The second kappa shape index (κ2) is 12.8. The summed E-state index contributed by atoms with van der Waals surface area (Å²) in [6, 6.07) is 16.9. The number of furan rings is 1. The number of halogens is 1. The summed E-state index contributed by atoms with van der Waals surface area (Å²) in [5, 5.41) is 8.97. The molecule has 3 aromatic rings. The second-order valence-electron chi connectivity index (χ2n) is 7.10. The van der Waals surface area contributed by atoms with Crippen LogP contribution < -0.4 is 10.6 Å². The molecular weight excluding hydrogens is 507 g/mol. The fourth-order valence-electron chi connectivity index (χ4n) is 3.18. The van der Waals surface area contributed by atoms with E-state index in [1.54, 1.807) is 17.6 Å². The van der Waals surface area contributed by atoms with Gasteiger partial charge in [0.05, 0.1) is 25.4 Å². The minimum atomic E-state index is 0. The maximum Gasteiger partial charge on any atom is 0.192 e. The molecule has 0 aliphatic heterocycles. The largest absolute Gasteiger partial charge is 0.468 e. The number of guanidine groups is 1. The van der Waals surface area contributed by atoms with Gasteiger partial charge in [-0.15, -0.1) is 35.3 Å². The average Bonchev–Trinajstić information content (AvgIpc) is 3.41. The monoisotopic (exact) mass is 538 g/mol. The lowest BCUT2D eigenvalue weighted by atomic mass is 10.1. The summed E-state index contributed by atoms with van der Waals surface area (Å²) in [4.78, 5) is 8.39. The first kappa shape index (κ1) is 24.4. The highest BCUT2D eigenvalue weighted by atomic mass is 127. The zero-order valence-corrected chi connectivity index (χ0v) is 20.9. The molecule has 2 heterocycles. The smallest absolute Gasteiger partial charge is 0.192 e. The van der Waals surface area contributed by atoms with Crippen molar-refractivity contribution in [2.75, 3.05) is 13.6 Å². The van der Waals surface area contributed by atoms with Gasteiger partial charge in [0.25, 0.3) is 0 Å². The molecule has 30 heavy (non-hydrogen) atoms. The molecule has 1 atom stereocenters. The van der Waals surface area contributed by atoms with Crippen LogP contribution in [0.1, 0.15) is 41.7 Å². The first-order valence-electron chi connectivity index (χ1n) is 10.0. The van der Waals surface area contributed by atoms with E-state index in [1.165, 1.54) is 16.0 Å². The van der Waals surface area contributed by atoms with Gasteiger partial charge >= 0.3 is 0 Å². The zero-order chi connectivity index (χ0) is 20.5. The molecule has 5 nitrogen and oxygen atoms in total. The van der Waals surface area contributed by atoms with E-state index in [9.17, 15) is 0 Å². The fourth-order valence-corrected chi connectivity index (χ4v) is 3.91. The molecule has 0 radical (unpaired) electrons. The molecule has 2 aromatic heterocycles. The van der Waals surface area contributed by atoms with Crippen molar-refractivity contribution in [2.45, 2.75) is 39.5 Å². The van der Waals surface area contributed by atoms with Crippen molar-refractivity contribution in [3.05, 3.63) is 81.9 Å². The van der Waals surface area contributed by atoms with Crippen molar-refractivity contribution >= 4 is 41.3 Å². The summed E-state index contributed by atoms with van der Waals surface area (Å²) in [5.41, 5.74) is 2.52. The third-order valence-electron chi connectivity index (χ3n) is 4.64. The van der Waals surface area contributed by atoms with E-state index in [4.69, 9.17) is 9.41 Å². The predicted octanol–water partition coefficient (Wildman–Crippen LogP) is 5.41. The van der Waals surface area contributed by atoms with Crippen LogP contribution in [0, 0.1) is 0 Å². The van der Waals surface area contributed by atoms with Crippen LogP contribution >= 0.6 is 35.3 Å². The van der Waals surface area contributed by atoms with E-state index in [1.807, 2.05) is 12.1 Å². The van der Waals surface area contributed by atoms with E-state index >= 15 is 0 Å². The summed E-state index contributed by atoms with van der Waals surface area (Å²) in [6.07, 6.45) is 1.72. The van der Waals surface area contributed by atoms with Crippen molar-refractivity contribution < 1.29 is 4.42 Å². The van der Waals surface area contributed by atoms with Crippen molar-refractivity contribution in [3.8, 4) is 0 Å². The third kappa shape index (κ3) is 7.45. The Morgan fingerprint density at radius 1 is 1.10 bits per heavy atom. The molecule has 7 heteroatoms. The molecular formula is C23H31IN4OS. The maximum atomic E-state index is 5.47. The summed E-state index contributed by atoms with van der Waals surface area (Å²) in [5.74, 6) is 1.82. The summed E-state index contributed by atoms with van der Waals surface area (Å²) in [7, 11) is 2.11. The van der Waals surface area contributed by atoms with E-state index in [0.717, 1.165) is 31.4 Å². The molecule has 0 spiro atoms. The van der Waals surface area contributed by atoms with Crippen LogP contribution in [0.25, 0.3) is 0 Å². The second-order valence-corrected chi connectivity index (χ2v) is 8.08. The van der Waals surface area contributed by atoms with Crippen molar-refractivity contribution in [1.82, 2.24) is 15.5 Å². The minimum Gasteiger partial charge on any atom is -0.468 e. The minimum absolute atomic E-state index is 0. The maximum absolute atomic E-state index is 5.47. The van der Waals surface area contributed by atoms with Gasteiger partial charge in [-0.05, 0) is 55.6 Å². The molecule has 1 aromatic carbocycles. The molecule has 0 fully saturated rings. The standard InChI is InChI=1S/C23H30N4OS.HI/c1-4-24-23(26-18(2)22-12-8-14-29-22)25-15-19-9-5-6-10-20(19)16-27(3)17-21-11-7-13-28-21;/h5-14,18H,4,15-17H2,1-3H3,(H2,24,25,26);1H. The SMILES string of the molecule is CCNC(=NCc1ccccc1CN(C)Cc1ccco1)NC(C)c1cccs1.I. The Morgan fingerprint density at radius 2 is 1.90 bits per heavy atom. The molecule has 0 amide bonds. The summed E-state index contributed by atoms with van der Waals surface area (Å²) in [6.45, 7) is 7.35. The number of nitrogens with zero attached hydrogens (tertiary/aromatic N) is 2. The lowest BCUT2D eigenvalue weighted by molar-refractivity contribution is 0.287. The predicted molar refractivity (Wildman–Crippen MR) is 136 cm³/mol. The van der Waals surface area contributed by atoms with E-state index < -0.39 is 0 Å². The van der Waals surface area contributed by atoms with Gasteiger partial charge in [-0.25, -0.2) is 4.99 Å². The van der Waals surface area contributed by atoms with Crippen LogP contribution in [-0.2, 0) is 19.6 Å². The Balaban J connectivity index is 0.00000320. The highest BCUT2D eigenvalue weighted by Crippen LogP contribution is 2.18. The van der Waals surface area contributed by atoms with E-state index in [-0.39, 0.29) is 30.0 Å². The van der Waals surface area contributed by atoms with Gasteiger partial charge in [0, 0.05) is 18.0 Å². The van der Waals surface area contributed by atoms with Crippen LogP contribution in [0.2, 0.25) is 0 Å². The van der Waals surface area contributed by atoms with Crippen molar-refractivity contribution in [3.63, 3.8) is 0 Å². The van der Waals surface area contributed by atoms with E-state index in [0.29, 0.717) is 6.54 Å². The normalized spacial score (nSPS) is 12.5. The van der Waals surface area contributed by atoms with Gasteiger partial charge < -0.3 is 15.1 Å². The Kier molecular flexibility index (Phi) is 10.4. The van der Waals surface area contributed by atoms with Gasteiger partial charge in [0.1, 0.15) is 5.76 Å². The fraction of sp³-hybridized carbons (Fsp3) is 0.348. The number of nitrogens with one attached hydrogen (secondary N) is 2. The quantitative estimate of drug-likeness (QED) is 0.218. The van der Waals surface area contributed by atoms with Gasteiger partial charge in [-0.3, -0.25) is 4.90 Å². The lowest BCUT2D eigenvalue weighted by Crippen LogP contribution is -2.38. The number of aliphatic imine (C=N–C) groups is 1. The van der Waals surface area contributed by atoms with Crippen LogP contribution in [-0.4, -0.2) is 24.5 Å². The lowest BCUT2D eigenvalue weighted by Gasteiger charge is -2.19. The molecule has 3 rings (SSSR count). The number of benzene rings is 1. The highest BCUT2D eigenvalue weighted by Gasteiger charge is 2.10. The van der Waals surface area contributed by atoms with Gasteiger partial charge in [0.15, 0.2) is 5.96 Å². The zero-order valence-electron chi connectivity index (χ0n) is 17.8. The van der Waals surface area contributed by atoms with Gasteiger partial charge in [-0.2, -0.15) is 0 Å². The number of hydrogen-bond donors (Lipinski definition) is 2. The van der Waals surface area contributed by atoms with Crippen LogP contribution in [0.15, 0.2) is 69.6 Å². The van der Waals surface area contributed by atoms with Crippen molar-refractivity contribution in [2.24, 2.45) is 4.99 Å². The van der Waals surface area contributed by atoms with E-state index in [2.05, 4.69) is 78.2 Å².